The largest absolute Gasteiger partial charge is 0.493 e. The quantitative estimate of drug-likeness (QED) is 0.214. The summed E-state index contributed by atoms with van der Waals surface area (Å²) in [5.41, 5.74) is 0.205. The fraction of sp³-hybridized carbons (Fsp3) is 0.552. The zero-order chi connectivity index (χ0) is 24.8. The number of ether oxygens (including phenoxy) is 2. The van der Waals surface area contributed by atoms with Gasteiger partial charge >= 0.3 is 5.97 Å². The molecule has 0 aliphatic heterocycles. The molecular weight excluding hydrogens is 453 g/mol. The second-order valence-corrected chi connectivity index (χ2v) is 10.3. The Kier molecular flexibility index (Phi) is 8.74. The summed E-state index contributed by atoms with van der Waals surface area (Å²) in [4.78, 5) is 12.2. The summed E-state index contributed by atoms with van der Waals surface area (Å²) in [6, 6.07) is 7.73. The maximum absolute atomic E-state index is 13.3. The lowest BCUT2D eigenvalue weighted by Gasteiger charge is -2.37. The van der Waals surface area contributed by atoms with Crippen molar-refractivity contribution in [1.82, 2.24) is 0 Å². The van der Waals surface area contributed by atoms with Crippen molar-refractivity contribution < 1.29 is 27.4 Å². The number of esters is 1. The van der Waals surface area contributed by atoms with Crippen LogP contribution in [0.2, 0.25) is 0 Å². The number of halogens is 3. The molecule has 2 aromatic rings. The molecule has 0 atom stereocenters. The highest BCUT2D eigenvalue weighted by Gasteiger charge is 2.30. The first-order valence-electron chi connectivity index (χ1n) is 13.0. The van der Waals surface area contributed by atoms with Gasteiger partial charge in [0.1, 0.15) is 11.5 Å². The molecule has 190 valence electrons. The molecule has 2 fully saturated rings. The van der Waals surface area contributed by atoms with Crippen LogP contribution in [-0.2, 0) is 0 Å². The highest BCUT2D eigenvalue weighted by atomic mass is 19.2. The van der Waals surface area contributed by atoms with E-state index in [-0.39, 0.29) is 5.56 Å². The van der Waals surface area contributed by atoms with E-state index in [0.29, 0.717) is 30.4 Å². The van der Waals surface area contributed by atoms with Gasteiger partial charge in [-0.2, -0.15) is 0 Å². The number of benzene rings is 2. The molecule has 0 aromatic heterocycles. The van der Waals surface area contributed by atoms with Gasteiger partial charge in [0.2, 0.25) is 0 Å². The van der Waals surface area contributed by atoms with E-state index in [9.17, 15) is 18.0 Å². The molecule has 0 unspecified atom stereocenters. The van der Waals surface area contributed by atoms with Gasteiger partial charge in [-0.3, -0.25) is 0 Å². The molecule has 2 aliphatic rings. The Balaban J connectivity index is 1.20. The molecule has 2 aromatic carbocycles. The van der Waals surface area contributed by atoms with Crippen molar-refractivity contribution in [2.75, 3.05) is 6.61 Å². The predicted molar refractivity (Wildman–Crippen MR) is 129 cm³/mol. The summed E-state index contributed by atoms with van der Waals surface area (Å²) in [5.74, 6) is -1.64. The van der Waals surface area contributed by atoms with Crippen molar-refractivity contribution in [2.24, 2.45) is 23.7 Å². The highest BCUT2D eigenvalue weighted by molar-refractivity contribution is 5.91. The SMILES string of the molecule is CCC[C@H]1CC[C@H]([C@H]2CC[C@H](COc3ccc(C(=O)Oc4cc(F)c(F)c(F)c4)cc3)CC2)CC1. The van der Waals surface area contributed by atoms with Crippen LogP contribution in [0.1, 0.15) is 81.5 Å². The smallest absolute Gasteiger partial charge is 0.343 e. The van der Waals surface area contributed by atoms with Crippen molar-refractivity contribution in [3.05, 3.63) is 59.4 Å². The molecule has 2 aliphatic carbocycles. The molecule has 2 saturated carbocycles. The van der Waals surface area contributed by atoms with Crippen molar-refractivity contribution in [3.8, 4) is 11.5 Å². The lowest BCUT2D eigenvalue weighted by molar-refractivity contribution is 0.0733. The third kappa shape index (κ3) is 6.80. The molecule has 4 rings (SSSR count). The number of hydrogen-bond acceptors (Lipinski definition) is 3. The fourth-order valence-corrected chi connectivity index (χ4v) is 5.84. The van der Waals surface area contributed by atoms with E-state index in [2.05, 4.69) is 6.92 Å². The zero-order valence-corrected chi connectivity index (χ0v) is 20.4. The Hall–Kier alpha value is -2.50. The van der Waals surface area contributed by atoms with E-state index in [1.54, 1.807) is 24.3 Å². The highest BCUT2D eigenvalue weighted by Crippen LogP contribution is 2.42. The second kappa shape index (κ2) is 12.0. The van der Waals surface area contributed by atoms with Crippen LogP contribution < -0.4 is 9.47 Å². The van der Waals surface area contributed by atoms with Crippen LogP contribution in [-0.4, -0.2) is 12.6 Å². The minimum Gasteiger partial charge on any atom is -0.493 e. The molecule has 0 amide bonds. The van der Waals surface area contributed by atoms with Gasteiger partial charge in [0, 0.05) is 12.1 Å². The molecule has 0 bridgehead atoms. The maximum atomic E-state index is 13.3. The number of carbonyl (C=O) groups excluding carboxylic acids is 1. The van der Waals surface area contributed by atoms with Crippen molar-refractivity contribution in [2.45, 2.75) is 71.1 Å². The molecular formula is C29H35F3O3. The first-order valence-corrected chi connectivity index (χ1v) is 13.0. The minimum atomic E-state index is -1.60. The van der Waals surface area contributed by atoms with Crippen LogP contribution in [0.3, 0.4) is 0 Å². The molecule has 35 heavy (non-hydrogen) atoms. The molecule has 6 heteroatoms. The average Bonchev–Trinajstić information content (AvgIpc) is 2.87. The van der Waals surface area contributed by atoms with Crippen LogP contribution in [0.4, 0.5) is 13.2 Å². The topological polar surface area (TPSA) is 35.5 Å². The average molecular weight is 489 g/mol. The minimum absolute atomic E-state index is 0.205. The van der Waals surface area contributed by atoms with Gasteiger partial charge in [0.05, 0.1) is 12.2 Å². The summed E-state index contributed by atoms with van der Waals surface area (Å²) in [7, 11) is 0. The van der Waals surface area contributed by atoms with Crippen molar-refractivity contribution in [1.29, 1.82) is 0 Å². The second-order valence-electron chi connectivity index (χ2n) is 10.3. The summed E-state index contributed by atoms with van der Waals surface area (Å²) in [5, 5.41) is 0. The molecule has 0 N–H and O–H groups in total. The first kappa shape index (κ1) is 25.6. The molecule has 0 spiro atoms. The third-order valence-corrected chi connectivity index (χ3v) is 7.89. The predicted octanol–water partition coefficient (Wildman–Crippen LogP) is 8.11. The molecule has 0 heterocycles. The molecule has 0 radical (unpaired) electrons. The fourth-order valence-electron chi connectivity index (χ4n) is 5.84. The Morgan fingerprint density at radius 1 is 0.800 bits per heavy atom. The molecule has 3 nitrogen and oxygen atoms in total. The lowest BCUT2D eigenvalue weighted by atomic mass is 9.69. The number of hydrogen-bond donors (Lipinski definition) is 0. The van der Waals surface area contributed by atoms with Crippen molar-refractivity contribution in [3.63, 3.8) is 0 Å². The van der Waals surface area contributed by atoms with E-state index in [0.717, 1.165) is 17.8 Å². The summed E-state index contributed by atoms with van der Waals surface area (Å²) in [6.07, 6.45) is 13.4. The van der Waals surface area contributed by atoms with E-state index in [4.69, 9.17) is 9.47 Å². The van der Waals surface area contributed by atoms with Crippen molar-refractivity contribution >= 4 is 5.97 Å². The van der Waals surface area contributed by atoms with Gasteiger partial charge in [-0.1, -0.05) is 32.6 Å². The van der Waals surface area contributed by atoms with E-state index in [1.807, 2.05) is 0 Å². The van der Waals surface area contributed by atoms with E-state index in [1.165, 1.54) is 64.2 Å². The first-order chi connectivity index (χ1) is 16.9. The zero-order valence-electron chi connectivity index (χ0n) is 20.4. The summed E-state index contributed by atoms with van der Waals surface area (Å²) < 4.78 is 50.6. The van der Waals surface area contributed by atoms with Gasteiger partial charge in [-0.15, -0.1) is 0 Å². The summed E-state index contributed by atoms with van der Waals surface area (Å²) in [6.45, 7) is 2.95. The van der Waals surface area contributed by atoms with Gasteiger partial charge in [0.15, 0.2) is 17.5 Å². The lowest BCUT2D eigenvalue weighted by Crippen LogP contribution is -2.27. The monoisotopic (exact) mass is 488 g/mol. The van der Waals surface area contributed by atoms with Gasteiger partial charge in [-0.25, -0.2) is 18.0 Å². The van der Waals surface area contributed by atoms with Crippen LogP contribution in [0.15, 0.2) is 36.4 Å². The Bertz CT molecular complexity index is 952. The normalized spacial score (nSPS) is 24.7. The number of carbonyl (C=O) groups is 1. The summed E-state index contributed by atoms with van der Waals surface area (Å²) >= 11 is 0. The van der Waals surface area contributed by atoms with Crippen LogP contribution in [0.5, 0.6) is 11.5 Å². The van der Waals surface area contributed by atoms with Gasteiger partial charge < -0.3 is 9.47 Å². The third-order valence-electron chi connectivity index (χ3n) is 7.89. The molecule has 0 saturated heterocycles. The van der Waals surface area contributed by atoms with Crippen LogP contribution in [0.25, 0.3) is 0 Å². The van der Waals surface area contributed by atoms with Gasteiger partial charge in [-0.05, 0) is 86.5 Å². The standard InChI is InChI=1S/C29H35F3O3/c1-2-3-19-4-8-21(9-5-19)22-10-6-20(7-11-22)18-34-24-14-12-23(13-15-24)29(33)35-25-16-26(30)28(32)27(31)17-25/h12-17,19-22H,2-11,18H2,1H3/t19-,20-,21-,22-. The van der Waals surface area contributed by atoms with E-state index < -0.39 is 29.2 Å². The van der Waals surface area contributed by atoms with Crippen LogP contribution >= 0.6 is 0 Å². The Morgan fingerprint density at radius 3 is 1.89 bits per heavy atom. The number of rotatable bonds is 8. The maximum Gasteiger partial charge on any atom is 0.343 e. The van der Waals surface area contributed by atoms with Crippen LogP contribution in [0, 0.1) is 41.1 Å². The van der Waals surface area contributed by atoms with Gasteiger partial charge in [0.25, 0.3) is 0 Å². The Morgan fingerprint density at radius 2 is 1.34 bits per heavy atom. The van der Waals surface area contributed by atoms with E-state index >= 15 is 0 Å². The Labute approximate surface area is 206 Å².